The molecule has 8 nitrogen and oxygen atoms in total. The van der Waals surface area contributed by atoms with E-state index in [1.165, 1.54) is 37.3 Å². The Hall–Kier alpha value is -2.56. The van der Waals surface area contributed by atoms with Crippen molar-refractivity contribution in [3.05, 3.63) is 48.0 Å². The van der Waals surface area contributed by atoms with Crippen LogP contribution < -0.4 is 14.8 Å². The molecule has 2 aromatic carbocycles. The van der Waals surface area contributed by atoms with Crippen LogP contribution in [0.3, 0.4) is 0 Å². The summed E-state index contributed by atoms with van der Waals surface area (Å²) in [6.07, 6.45) is 0. The number of nitrogens with one attached hydrogen (secondary N) is 2. The number of hydrogen-bond acceptors (Lipinski definition) is 6. The van der Waals surface area contributed by atoms with Crippen LogP contribution in [0.5, 0.6) is 5.75 Å². The zero-order valence-electron chi connectivity index (χ0n) is 15.8. The number of carbonyl (C=O) groups is 2. The summed E-state index contributed by atoms with van der Waals surface area (Å²) in [6, 6.07) is 10.9. The van der Waals surface area contributed by atoms with Crippen LogP contribution >= 0.6 is 11.8 Å². The lowest BCUT2D eigenvalue weighted by atomic mass is 10.2. The smallest absolute Gasteiger partial charge is 0.285 e. The molecule has 0 atom stereocenters. The fraction of sp³-hybridized carbons (Fsp3) is 0.222. The second kappa shape index (κ2) is 9.09. The van der Waals surface area contributed by atoms with Gasteiger partial charge in [0.15, 0.2) is 0 Å². The standard InChI is InChI=1S/C18H21N3O5S2/c1-19-28(24,25)16-11-12(5-10-15(16)26-4)17(22)20-13-6-8-14(9-7-13)27-18(23)21(2)3/h5-11,19H,1-4H3,(H,20,22). The number of methoxy groups -OCH3 is 1. The maximum absolute atomic E-state index is 12.5. The summed E-state index contributed by atoms with van der Waals surface area (Å²) in [6.45, 7) is 0. The lowest BCUT2D eigenvalue weighted by molar-refractivity contribution is 0.102. The Morgan fingerprint density at radius 3 is 2.25 bits per heavy atom. The van der Waals surface area contributed by atoms with Crippen molar-refractivity contribution in [3.8, 4) is 5.75 Å². The number of carbonyl (C=O) groups excluding carboxylic acids is 2. The van der Waals surface area contributed by atoms with E-state index in [2.05, 4.69) is 10.0 Å². The third kappa shape index (κ3) is 5.24. The van der Waals surface area contributed by atoms with Crippen molar-refractivity contribution in [3.63, 3.8) is 0 Å². The molecule has 0 bridgehead atoms. The zero-order valence-corrected chi connectivity index (χ0v) is 17.5. The Bertz CT molecular complexity index is 973. The van der Waals surface area contributed by atoms with Gasteiger partial charge in [-0.15, -0.1) is 0 Å². The predicted molar refractivity (Wildman–Crippen MR) is 109 cm³/mol. The molecule has 28 heavy (non-hydrogen) atoms. The van der Waals surface area contributed by atoms with Crippen molar-refractivity contribution in [2.75, 3.05) is 33.6 Å². The minimum absolute atomic E-state index is 0.103. The van der Waals surface area contributed by atoms with Crippen molar-refractivity contribution in [2.45, 2.75) is 9.79 Å². The van der Waals surface area contributed by atoms with E-state index in [1.807, 2.05) is 0 Å². The molecule has 0 unspecified atom stereocenters. The van der Waals surface area contributed by atoms with E-state index < -0.39 is 15.9 Å². The van der Waals surface area contributed by atoms with Gasteiger partial charge in [-0.2, -0.15) is 0 Å². The molecule has 0 saturated carbocycles. The first-order valence-electron chi connectivity index (χ1n) is 8.10. The number of anilines is 1. The molecular weight excluding hydrogens is 402 g/mol. The van der Waals surface area contributed by atoms with Crippen LogP contribution in [-0.4, -0.2) is 52.7 Å². The van der Waals surface area contributed by atoms with Crippen LogP contribution in [0.4, 0.5) is 10.5 Å². The minimum atomic E-state index is -3.79. The number of hydrogen-bond donors (Lipinski definition) is 2. The van der Waals surface area contributed by atoms with Gasteiger partial charge < -0.3 is 15.0 Å². The molecule has 2 amide bonds. The minimum Gasteiger partial charge on any atom is -0.495 e. The largest absolute Gasteiger partial charge is 0.495 e. The first kappa shape index (κ1) is 21.7. The summed E-state index contributed by atoms with van der Waals surface area (Å²) in [5, 5.41) is 2.59. The lowest BCUT2D eigenvalue weighted by Gasteiger charge is -2.12. The Kier molecular flexibility index (Phi) is 7.05. The first-order valence-corrected chi connectivity index (χ1v) is 10.4. The summed E-state index contributed by atoms with van der Waals surface area (Å²) in [5.74, 6) is -0.335. The number of amides is 2. The topological polar surface area (TPSA) is 105 Å². The average Bonchev–Trinajstić information content (AvgIpc) is 2.68. The van der Waals surface area contributed by atoms with Crippen LogP contribution in [-0.2, 0) is 10.0 Å². The molecular formula is C18H21N3O5S2. The molecule has 2 N–H and O–H groups in total. The second-order valence-electron chi connectivity index (χ2n) is 5.81. The molecule has 0 radical (unpaired) electrons. The van der Waals surface area contributed by atoms with Gasteiger partial charge in [0.2, 0.25) is 10.0 Å². The van der Waals surface area contributed by atoms with Crippen LogP contribution in [0, 0.1) is 0 Å². The Morgan fingerprint density at radius 1 is 1.07 bits per heavy atom. The SMILES string of the molecule is CNS(=O)(=O)c1cc(C(=O)Nc2ccc(SC(=O)N(C)C)cc2)ccc1OC. The van der Waals surface area contributed by atoms with Gasteiger partial charge in [0.1, 0.15) is 10.6 Å². The van der Waals surface area contributed by atoms with E-state index in [4.69, 9.17) is 4.74 Å². The van der Waals surface area contributed by atoms with Gasteiger partial charge in [0.25, 0.3) is 11.1 Å². The normalized spacial score (nSPS) is 11.0. The zero-order chi connectivity index (χ0) is 20.9. The fourth-order valence-electron chi connectivity index (χ4n) is 2.14. The van der Waals surface area contributed by atoms with Gasteiger partial charge >= 0.3 is 0 Å². The predicted octanol–water partition coefficient (Wildman–Crippen LogP) is 2.63. The Labute approximate surface area is 168 Å². The number of sulfonamides is 1. The lowest BCUT2D eigenvalue weighted by Crippen LogP contribution is -2.20. The first-order chi connectivity index (χ1) is 13.2. The molecule has 2 rings (SSSR count). The van der Waals surface area contributed by atoms with Crippen LogP contribution in [0.15, 0.2) is 52.3 Å². The summed E-state index contributed by atoms with van der Waals surface area (Å²) in [5.41, 5.74) is 0.677. The maximum atomic E-state index is 12.5. The number of ether oxygens (including phenoxy) is 1. The van der Waals surface area contributed by atoms with E-state index in [-0.39, 0.29) is 21.4 Å². The summed E-state index contributed by atoms with van der Waals surface area (Å²) >= 11 is 1.07. The molecule has 0 aliphatic carbocycles. The molecule has 150 valence electrons. The van der Waals surface area contributed by atoms with Gasteiger partial charge in [-0.05, 0) is 61.3 Å². The molecule has 0 aromatic heterocycles. The second-order valence-corrected chi connectivity index (χ2v) is 8.69. The molecule has 0 heterocycles. The molecule has 0 fully saturated rings. The third-order valence-corrected chi connectivity index (χ3v) is 6.15. The van der Waals surface area contributed by atoms with Crippen molar-refractivity contribution < 1.29 is 22.7 Å². The summed E-state index contributed by atoms with van der Waals surface area (Å²) in [4.78, 5) is 26.3. The van der Waals surface area contributed by atoms with E-state index in [0.29, 0.717) is 5.69 Å². The van der Waals surface area contributed by atoms with Gasteiger partial charge in [0, 0.05) is 30.2 Å². The Balaban J connectivity index is 2.19. The highest BCUT2D eigenvalue weighted by molar-refractivity contribution is 8.13. The van der Waals surface area contributed by atoms with Gasteiger partial charge in [0.05, 0.1) is 7.11 Å². The van der Waals surface area contributed by atoms with Gasteiger partial charge in [-0.1, -0.05) is 0 Å². The number of thioether (sulfide) groups is 1. The van der Waals surface area contributed by atoms with Gasteiger partial charge in [-0.25, -0.2) is 13.1 Å². The molecule has 10 heteroatoms. The average molecular weight is 424 g/mol. The highest BCUT2D eigenvalue weighted by Crippen LogP contribution is 2.26. The summed E-state index contributed by atoms with van der Waals surface area (Å²) in [7, 11) is 2.18. The summed E-state index contributed by atoms with van der Waals surface area (Å²) < 4.78 is 31.5. The number of benzene rings is 2. The van der Waals surface area contributed by atoms with Crippen molar-refractivity contribution >= 4 is 38.6 Å². The van der Waals surface area contributed by atoms with Crippen molar-refractivity contribution in [1.29, 1.82) is 0 Å². The molecule has 0 spiro atoms. The number of nitrogens with zero attached hydrogens (tertiary/aromatic N) is 1. The van der Waals surface area contributed by atoms with E-state index in [0.717, 1.165) is 16.7 Å². The highest BCUT2D eigenvalue weighted by Gasteiger charge is 2.20. The number of rotatable bonds is 6. The third-order valence-electron chi connectivity index (χ3n) is 3.67. The van der Waals surface area contributed by atoms with E-state index >= 15 is 0 Å². The highest BCUT2D eigenvalue weighted by atomic mass is 32.2. The van der Waals surface area contributed by atoms with Crippen molar-refractivity contribution in [2.24, 2.45) is 0 Å². The van der Waals surface area contributed by atoms with Gasteiger partial charge in [-0.3, -0.25) is 9.59 Å². The van der Waals surface area contributed by atoms with Crippen LogP contribution in [0.2, 0.25) is 0 Å². The maximum Gasteiger partial charge on any atom is 0.285 e. The molecule has 2 aromatic rings. The molecule has 0 aliphatic rings. The monoisotopic (exact) mass is 423 g/mol. The molecule has 0 saturated heterocycles. The van der Waals surface area contributed by atoms with Crippen LogP contribution in [0.25, 0.3) is 0 Å². The fourth-order valence-corrected chi connectivity index (χ4v) is 3.71. The van der Waals surface area contributed by atoms with E-state index in [1.54, 1.807) is 38.4 Å². The molecule has 0 aliphatic heterocycles. The van der Waals surface area contributed by atoms with Crippen molar-refractivity contribution in [1.82, 2.24) is 9.62 Å². The Morgan fingerprint density at radius 2 is 1.71 bits per heavy atom. The quantitative estimate of drug-likeness (QED) is 0.692. The van der Waals surface area contributed by atoms with Crippen LogP contribution in [0.1, 0.15) is 10.4 Å². The van der Waals surface area contributed by atoms with E-state index in [9.17, 15) is 18.0 Å².